The highest BCUT2D eigenvalue weighted by Crippen LogP contribution is 2.37. The van der Waals surface area contributed by atoms with Gasteiger partial charge in [-0.1, -0.05) is 53.6 Å². The quantitative estimate of drug-likeness (QED) is 0.369. The summed E-state index contributed by atoms with van der Waals surface area (Å²) in [4.78, 5) is 17.1. The minimum Gasteiger partial charge on any atom is -0.490 e. The first kappa shape index (κ1) is 26.7. The molecule has 1 fully saturated rings. The van der Waals surface area contributed by atoms with E-state index in [0.717, 1.165) is 11.1 Å². The molecule has 9 heteroatoms. The molecule has 0 spiro atoms. The summed E-state index contributed by atoms with van der Waals surface area (Å²) in [5.74, 6) is 0.170. The van der Waals surface area contributed by atoms with Crippen LogP contribution >= 0.6 is 23.8 Å². The Morgan fingerprint density at radius 2 is 1.76 bits per heavy atom. The van der Waals surface area contributed by atoms with Gasteiger partial charge in [-0.3, -0.25) is 4.79 Å². The highest BCUT2D eigenvalue weighted by molar-refractivity contribution is 7.80. The number of hydrogen-bond donors (Lipinski definition) is 1. The Morgan fingerprint density at radius 1 is 1.05 bits per heavy atom. The van der Waals surface area contributed by atoms with E-state index < -0.39 is 0 Å². The van der Waals surface area contributed by atoms with Gasteiger partial charge >= 0.3 is 0 Å². The fourth-order valence-corrected chi connectivity index (χ4v) is 4.67. The number of para-hydroxylation sites is 1. The standard InChI is InChI=1S/C28H29ClFN3O3S/c1-3-35-25-17-20(28(37)33-14-12-32(13-15-33)24-7-5-4-6-23(24)30)16-22(29)27(25)36-18-26(34)31-21-10-8-19(2)9-11-21/h4-11,16-17H,3,12-15,18H2,1-2H3,(H,31,34). The number of hydrogen-bond acceptors (Lipinski definition) is 5. The van der Waals surface area contributed by atoms with Crippen LogP contribution in [0.2, 0.25) is 5.02 Å². The maximum atomic E-state index is 14.2. The van der Waals surface area contributed by atoms with Crippen molar-refractivity contribution in [2.45, 2.75) is 13.8 Å². The first-order valence-corrected chi connectivity index (χ1v) is 12.9. The van der Waals surface area contributed by atoms with E-state index in [1.54, 1.807) is 24.3 Å². The third-order valence-corrected chi connectivity index (χ3v) is 6.77. The topological polar surface area (TPSA) is 54.0 Å². The van der Waals surface area contributed by atoms with Crippen LogP contribution in [0.25, 0.3) is 0 Å². The summed E-state index contributed by atoms with van der Waals surface area (Å²) in [5.41, 5.74) is 3.11. The van der Waals surface area contributed by atoms with E-state index in [-0.39, 0.29) is 18.3 Å². The molecule has 1 heterocycles. The zero-order valence-corrected chi connectivity index (χ0v) is 22.4. The third-order valence-electron chi connectivity index (χ3n) is 6.00. The molecule has 6 nitrogen and oxygen atoms in total. The monoisotopic (exact) mass is 541 g/mol. The Morgan fingerprint density at radius 3 is 2.43 bits per heavy atom. The van der Waals surface area contributed by atoms with E-state index in [9.17, 15) is 9.18 Å². The Bertz CT molecular complexity index is 1260. The number of ether oxygens (including phenoxy) is 2. The first-order chi connectivity index (χ1) is 17.9. The lowest BCUT2D eigenvalue weighted by molar-refractivity contribution is -0.118. The second-order valence-corrected chi connectivity index (χ2v) is 9.45. The van der Waals surface area contributed by atoms with Crippen LogP contribution in [-0.2, 0) is 4.79 Å². The number of halogens is 2. The summed E-state index contributed by atoms with van der Waals surface area (Å²) in [6, 6.07) is 17.8. The van der Waals surface area contributed by atoms with Crippen LogP contribution < -0.4 is 19.7 Å². The fraction of sp³-hybridized carbons (Fsp3) is 0.286. The van der Waals surface area contributed by atoms with Crippen LogP contribution in [-0.4, -0.2) is 55.2 Å². The molecule has 3 aromatic carbocycles. The summed E-state index contributed by atoms with van der Waals surface area (Å²) in [6.45, 7) is 6.57. The van der Waals surface area contributed by atoms with Gasteiger partial charge in [-0.05, 0) is 50.2 Å². The fourth-order valence-electron chi connectivity index (χ4n) is 4.11. The predicted octanol–water partition coefficient (Wildman–Crippen LogP) is 5.70. The summed E-state index contributed by atoms with van der Waals surface area (Å²) in [7, 11) is 0. The Hall–Kier alpha value is -3.36. The number of rotatable bonds is 8. The normalized spacial score (nSPS) is 13.3. The second-order valence-electron chi connectivity index (χ2n) is 8.65. The molecule has 1 aliphatic rings. The molecule has 1 amide bonds. The minimum absolute atomic E-state index is 0.227. The maximum absolute atomic E-state index is 14.2. The second kappa shape index (κ2) is 12.3. The smallest absolute Gasteiger partial charge is 0.262 e. The van der Waals surface area contributed by atoms with Gasteiger partial charge in [0.1, 0.15) is 10.8 Å². The Balaban J connectivity index is 1.41. The Labute approximate surface area is 226 Å². The van der Waals surface area contributed by atoms with Gasteiger partial charge in [-0.2, -0.15) is 0 Å². The molecule has 0 atom stereocenters. The van der Waals surface area contributed by atoms with Gasteiger partial charge < -0.3 is 24.6 Å². The third kappa shape index (κ3) is 6.70. The summed E-state index contributed by atoms with van der Waals surface area (Å²) in [5, 5.41) is 3.10. The number of anilines is 2. The van der Waals surface area contributed by atoms with E-state index in [1.165, 1.54) is 6.07 Å². The number of amides is 1. The molecule has 0 bridgehead atoms. The number of carbonyl (C=O) groups is 1. The molecule has 3 aromatic rings. The lowest BCUT2D eigenvalue weighted by Gasteiger charge is -2.37. The number of thiocarbonyl (C=S) groups is 1. The average molecular weight is 542 g/mol. The van der Waals surface area contributed by atoms with E-state index in [1.807, 2.05) is 49.1 Å². The molecule has 1 aliphatic heterocycles. The zero-order valence-electron chi connectivity index (χ0n) is 20.8. The first-order valence-electron chi connectivity index (χ1n) is 12.1. The van der Waals surface area contributed by atoms with Crippen molar-refractivity contribution in [2.24, 2.45) is 0 Å². The van der Waals surface area contributed by atoms with Crippen LogP contribution in [0.15, 0.2) is 60.7 Å². The molecule has 0 aliphatic carbocycles. The number of nitrogens with zero attached hydrogens (tertiary/aromatic N) is 2. The molecular weight excluding hydrogens is 513 g/mol. The number of piperazine rings is 1. The van der Waals surface area contributed by atoms with Crippen molar-refractivity contribution in [1.82, 2.24) is 4.90 Å². The average Bonchev–Trinajstić information content (AvgIpc) is 2.89. The molecule has 4 rings (SSSR count). The molecule has 1 N–H and O–H groups in total. The van der Waals surface area contributed by atoms with Crippen molar-refractivity contribution >= 4 is 46.1 Å². The van der Waals surface area contributed by atoms with Gasteiger partial charge in [-0.25, -0.2) is 4.39 Å². The van der Waals surface area contributed by atoms with Crippen molar-refractivity contribution in [2.75, 3.05) is 49.6 Å². The van der Waals surface area contributed by atoms with Gasteiger partial charge in [0.2, 0.25) is 0 Å². The van der Waals surface area contributed by atoms with Crippen molar-refractivity contribution < 1.29 is 18.7 Å². The highest BCUT2D eigenvalue weighted by atomic mass is 35.5. The van der Waals surface area contributed by atoms with Gasteiger partial charge in [0.05, 0.1) is 17.3 Å². The van der Waals surface area contributed by atoms with Crippen LogP contribution in [0, 0.1) is 12.7 Å². The lowest BCUT2D eigenvalue weighted by atomic mass is 10.1. The lowest BCUT2D eigenvalue weighted by Crippen LogP contribution is -2.48. The SMILES string of the molecule is CCOc1cc(C(=S)N2CCN(c3ccccc3F)CC2)cc(Cl)c1OCC(=O)Nc1ccc(C)cc1. The minimum atomic E-state index is -0.310. The van der Waals surface area contributed by atoms with Gasteiger partial charge in [0.25, 0.3) is 5.91 Å². The summed E-state index contributed by atoms with van der Waals surface area (Å²) >= 11 is 12.3. The van der Waals surface area contributed by atoms with Crippen molar-refractivity contribution in [3.63, 3.8) is 0 Å². The molecule has 0 radical (unpaired) electrons. The zero-order chi connectivity index (χ0) is 26.4. The molecule has 37 heavy (non-hydrogen) atoms. The molecule has 194 valence electrons. The largest absolute Gasteiger partial charge is 0.490 e. The highest BCUT2D eigenvalue weighted by Gasteiger charge is 2.23. The molecular formula is C28H29ClFN3O3S. The number of nitrogens with one attached hydrogen (secondary N) is 1. The van der Waals surface area contributed by atoms with E-state index in [2.05, 4.69) is 10.2 Å². The van der Waals surface area contributed by atoms with Crippen molar-refractivity contribution in [1.29, 1.82) is 0 Å². The molecule has 0 aromatic heterocycles. The van der Waals surface area contributed by atoms with Crippen molar-refractivity contribution in [3.05, 3.63) is 82.6 Å². The van der Waals surface area contributed by atoms with Crippen molar-refractivity contribution in [3.8, 4) is 11.5 Å². The van der Waals surface area contributed by atoms with Gasteiger partial charge in [0, 0.05) is 37.4 Å². The maximum Gasteiger partial charge on any atom is 0.262 e. The van der Waals surface area contributed by atoms with E-state index in [0.29, 0.717) is 65.7 Å². The Kier molecular flexibility index (Phi) is 8.84. The van der Waals surface area contributed by atoms with Crippen LogP contribution in [0.1, 0.15) is 18.1 Å². The molecule has 0 unspecified atom stereocenters. The van der Waals surface area contributed by atoms with Crippen LogP contribution in [0.5, 0.6) is 11.5 Å². The predicted molar refractivity (Wildman–Crippen MR) is 150 cm³/mol. The summed E-state index contributed by atoms with van der Waals surface area (Å²) in [6.07, 6.45) is 0. The van der Waals surface area contributed by atoms with Crippen LogP contribution in [0.3, 0.4) is 0 Å². The van der Waals surface area contributed by atoms with Gasteiger partial charge in [0.15, 0.2) is 18.1 Å². The number of carbonyl (C=O) groups excluding carboxylic acids is 1. The van der Waals surface area contributed by atoms with E-state index >= 15 is 0 Å². The van der Waals surface area contributed by atoms with E-state index in [4.69, 9.17) is 33.3 Å². The van der Waals surface area contributed by atoms with Gasteiger partial charge in [-0.15, -0.1) is 0 Å². The number of aryl methyl sites for hydroxylation is 1. The molecule has 1 saturated heterocycles. The van der Waals surface area contributed by atoms with Crippen LogP contribution in [0.4, 0.5) is 15.8 Å². The molecule has 0 saturated carbocycles. The number of benzene rings is 3. The summed E-state index contributed by atoms with van der Waals surface area (Å²) < 4.78 is 25.7.